The molecule has 2 saturated heterocycles. The lowest BCUT2D eigenvalue weighted by Crippen LogP contribution is -2.46. The van der Waals surface area contributed by atoms with E-state index in [1.165, 1.54) is 35.6 Å². The van der Waals surface area contributed by atoms with Crippen molar-refractivity contribution in [2.24, 2.45) is 0 Å². The first-order chi connectivity index (χ1) is 9.41. The van der Waals surface area contributed by atoms with E-state index >= 15 is 0 Å². The normalized spacial score (nSPS) is 30.1. The van der Waals surface area contributed by atoms with Crippen LogP contribution in [0.25, 0.3) is 0 Å². The maximum absolute atomic E-state index is 4.63. The predicted octanol–water partition coefficient (Wildman–Crippen LogP) is 3.16. The lowest BCUT2D eigenvalue weighted by molar-refractivity contribution is 0.166. The van der Waals surface area contributed by atoms with Crippen LogP contribution in [0.2, 0.25) is 0 Å². The van der Waals surface area contributed by atoms with E-state index in [1.807, 2.05) is 11.3 Å². The molecule has 0 radical (unpaired) electrons. The topological polar surface area (TPSA) is 28.2 Å². The zero-order valence-corrected chi connectivity index (χ0v) is 14.0. The molecule has 3 rings (SSSR count). The van der Waals surface area contributed by atoms with Crippen LogP contribution in [0.15, 0.2) is 6.20 Å². The lowest BCUT2D eigenvalue weighted by Gasteiger charge is -2.35. The van der Waals surface area contributed by atoms with E-state index in [9.17, 15) is 0 Å². The minimum Gasteiger partial charge on any atom is -0.311 e. The first-order valence-electron chi connectivity index (χ1n) is 7.83. The molecule has 1 aromatic heterocycles. The highest BCUT2D eigenvalue weighted by molar-refractivity contribution is 7.11. The lowest BCUT2D eigenvalue weighted by atomic mass is 9.96. The fraction of sp³-hybridized carbons (Fsp3) is 0.812. The van der Waals surface area contributed by atoms with Crippen molar-refractivity contribution in [2.45, 2.75) is 76.5 Å². The summed E-state index contributed by atoms with van der Waals surface area (Å²) in [6.45, 7) is 7.79. The van der Waals surface area contributed by atoms with Crippen LogP contribution in [0.5, 0.6) is 0 Å². The molecule has 20 heavy (non-hydrogen) atoms. The summed E-state index contributed by atoms with van der Waals surface area (Å²) in [6.07, 6.45) is 7.44. The Balaban J connectivity index is 1.61. The van der Waals surface area contributed by atoms with Crippen molar-refractivity contribution in [3.05, 3.63) is 16.1 Å². The van der Waals surface area contributed by atoms with Gasteiger partial charge in [0.15, 0.2) is 0 Å². The summed E-state index contributed by atoms with van der Waals surface area (Å²) < 4.78 is 0. The standard InChI is InChI=1S/C16H27N3S/c1-16(2,3)14-9-17-15(20-14)10-19(4)13-7-11-5-6-12(8-13)18-11/h9,11-13,18H,5-8,10H2,1-4H3. The van der Waals surface area contributed by atoms with Crippen molar-refractivity contribution in [3.63, 3.8) is 0 Å². The fourth-order valence-corrected chi connectivity index (χ4v) is 4.50. The van der Waals surface area contributed by atoms with Crippen molar-refractivity contribution in [3.8, 4) is 0 Å². The number of nitrogens with one attached hydrogen (secondary N) is 1. The molecular weight excluding hydrogens is 266 g/mol. The molecule has 2 bridgehead atoms. The number of fused-ring (bicyclic) bond motifs is 2. The number of hydrogen-bond donors (Lipinski definition) is 1. The highest BCUT2D eigenvalue weighted by atomic mass is 32.1. The Bertz CT molecular complexity index is 451. The Labute approximate surface area is 126 Å². The second kappa shape index (κ2) is 5.39. The highest BCUT2D eigenvalue weighted by Crippen LogP contribution is 2.31. The quantitative estimate of drug-likeness (QED) is 0.928. The highest BCUT2D eigenvalue weighted by Gasteiger charge is 2.35. The van der Waals surface area contributed by atoms with Crippen molar-refractivity contribution in [1.29, 1.82) is 0 Å². The van der Waals surface area contributed by atoms with Gasteiger partial charge in [-0.05, 0) is 38.1 Å². The Kier molecular flexibility index (Phi) is 3.91. The van der Waals surface area contributed by atoms with Crippen LogP contribution in [0.4, 0.5) is 0 Å². The third-order valence-electron chi connectivity index (χ3n) is 4.75. The summed E-state index contributed by atoms with van der Waals surface area (Å²) in [5, 5.41) is 4.99. The van der Waals surface area contributed by atoms with Gasteiger partial charge in [-0.3, -0.25) is 4.90 Å². The van der Waals surface area contributed by atoms with Crippen molar-refractivity contribution < 1.29 is 0 Å². The monoisotopic (exact) mass is 293 g/mol. The molecule has 112 valence electrons. The van der Waals surface area contributed by atoms with Gasteiger partial charge in [0.05, 0.1) is 6.54 Å². The van der Waals surface area contributed by atoms with E-state index < -0.39 is 0 Å². The average molecular weight is 293 g/mol. The molecule has 1 aromatic rings. The Morgan fingerprint density at radius 3 is 2.50 bits per heavy atom. The molecule has 0 aromatic carbocycles. The van der Waals surface area contributed by atoms with E-state index in [4.69, 9.17) is 0 Å². The number of aromatic nitrogens is 1. The van der Waals surface area contributed by atoms with Crippen LogP contribution < -0.4 is 5.32 Å². The molecule has 0 aliphatic carbocycles. The summed E-state index contributed by atoms with van der Waals surface area (Å²) >= 11 is 1.88. The van der Waals surface area contributed by atoms with E-state index in [-0.39, 0.29) is 5.41 Å². The molecule has 4 heteroatoms. The number of rotatable bonds is 3. The summed E-state index contributed by atoms with van der Waals surface area (Å²) in [4.78, 5) is 8.55. The van der Waals surface area contributed by atoms with Crippen LogP contribution in [0.1, 0.15) is 56.3 Å². The van der Waals surface area contributed by atoms with E-state index in [0.29, 0.717) is 0 Å². The Morgan fingerprint density at radius 1 is 1.30 bits per heavy atom. The van der Waals surface area contributed by atoms with E-state index in [0.717, 1.165) is 24.7 Å². The maximum atomic E-state index is 4.63. The van der Waals surface area contributed by atoms with Gasteiger partial charge in [0.25, 0.3) is 0 Å². The Hall–Kier alpha value is -0.450. The van der Waals surface area contributed by atoms with Gasteiger partial charge in [-0.2, -0.15) is 0 Å². The third kappa shape index (κ3) is 3.07. The van der Waals surface area contributed by atoms with Gasteiger partial charge < -0.3 is 5.32 Å². The molecule has 2 aliphatic rings. The average Bonchev–Trinajstić information content (AvgIpc) is 2.96. The second-order valence-corrected chi connectivity index (χ2v) is 8.66. The minimum absolute atomic E-state index is 0.225. The molecule has 3 heterocycles. The molecule has 0 amide bonds. The fourth-order valence-electron chi connectivity index (χ4n) is 3.46. The number of nitrogens with zero attached hydrogens (tertiary/aromatic N) is 2. The Morgan fingerprint density at radius 2 is 1.95 bits per heavy atom. The first-order valence-corrected chi connectivity index (χ1v) is 8.65. The summed E-state index contributed by atoms with van der Waals surface area (Å²) in [5.41, 5.74) is 0.225. The second-order valence-electron chi connectivity index (χ2n) is 7.55. The smallest absolute Gasteiger partial charge is 0.107 e. The molecular formula is C16H27N3S. The van der Waals surface area contributed by atoms with Gasteiger partial charge in [-0.1, -0.05) is 20.8 Å². The van der Waals surface area contributed by atoms with Gasteiger partial charge >= 0.3 is 0 Å². The summed E-state index contributed by atoms with van der Waals surface area (Å²) in [6, 6.07) is 2.26. The first kappa shape index (κ1) is 14.5. The van der Waals surface area contributed by atoms with Crippen molar-refractivity contribution >= 4 is 11.3 Å². The summed E-state index contributed by atoms with van der Waals surface area (Å²) in [5.74, 6) is 0. The van der Waals surface area contributed by atoms with E-state index in [2.05, 4.69) is 49.2 Å². The van der Waals surface area contributed by atoms with E-state index in [1.54, 1.807) is 0 Å². The maximum Gasteiger partial charge on any atom is 0.107 e. The zero-order chi connectivity index (χ0) is 14.3. The van der Waals surface area contributed by atoms with Gasteiger partial charge in [-0.15, -0.1) is 11.3 Å². The van der Waals surface area contributed by atoms with Crippen LogP contribution in [0.3, 0.4) is 0 Å². The van der Waals surface area contributed by atoms with Gasteiger partial charge in [0.2, 0.25) is 0 Å². The van der Waals surface area contributed by atoms with Crippen LogP contribution >= 0.6 is 11.3 Å². The van der Waals surface area contributed by atoms with Crippen LogP contribution in [0, 0.1) is 0 Å². The molecule has 2 atom stereocenters. The molecule has 0 saturated carbocycles. The third-order valence-corrected chi connectivity index (χ3v) is 6.16. The number of thiazole rings is 1. The largest absolute Gasteiger partial charge is 0.311 e. The molecule has 2 aliphatic heterocycles. The molecule has 2 fully saturated rings. The summed E-state index contributed by atoms with van der Waals surface area (Å²) in [7, 11) is 2.27. The molecule has 1 N–H and O–H groups in total. The predicted molar refractivity (Wildman–Crippen MR) is 85.2 cm³/mol. The van der Waals surface area contributed by atoms with Crippen molar-refractivity contribution in [1.82, 2.24) is 15.2 Å². The van der Waals surface area contributed by atoms with Gasteiger partial charge in [0, 0.05) is 29.2 Å². The number of hydrogen-bond acceptors (Lipinski definition) is 4. The zero-order valence-electron chi connectivity index (χ0n) is 13.1. The SMILES string of the molecule is CN(Cc1ncc(C(C)(C)C)s1)C1CC2CCC(C1)N2. The van der Waals surface area contributed by atoms with Gasteiger partial charge in [-0.25, -0.2) is 4.98 Å². The number of piperidine rings is 1. The minimum atomic E-state index is 0.225. The molecule has 3 nitrogen and oxygen atoms in total. The van der Waals surface area contributed by atoms with Gasteiger partial charge in [0.1, 0.15) is 5.01 Å². The molecule has 2 unspecified atom stereocenters. The van der Waals surface area contributed by atoms with Crippen LogP contribution in [-0.4, -0.2) is 35.1 Å². The van der Waals surface area contributed by atoms with Crippen LogP contribution in [-0.2, 0) is 12.0 Å². The molecule has 0 spiro atoms. The van der Waals surface area contributed by atoms with Crippen molar-refractivity contribution in [2.75, 3.05) is 7.05 Å².